The molecule has 7 nitrogen and oxygen atoms in total. The van der Waals surface area contributed by atoms with Crippen LogP contribution in [0, 0.1) is 0 Å². The monoisotopic (exact) mass is 508 g/mol. The highest BCUT2D eigenvalue weighted by atomic mass is 127. The third-order valence-corrected chi connectivity index (χ3v) is 4.14. The number of methoxy groups -OCH3 is 1. The van der Waals surface area contributed by atoms with E-state index < -0.39 is 5.60 Å². The molecule has 1 aromatic heterocycles. The van der Waals surface area contributed by atoms with Crippen LogP contribution >= 0.6 is 24.0 Å². The predicted octanol–water partition coefficient (Wildman–Crippen LogP) is 3.11. The van der Waals surface area contributed by atoms with Crippen LogP contribution < -0.4 is 15.4 Å². The molecule has 0 atom stereocenters. The lowest BCUT2D eigenvalue weighted by Gasteiger charge is -2.28. The number of aliphatic imine (C=N–C) groups is 1. The number of hydrogen-bond donors (Lipinski definition) is 3. The average molecular weight is 508 g/mol. The van der Waals surface area contributed by atoms with E-state index in [2.05, 4.69) is 34.5 Å². The largest absolute Gasteiger partial charge is 0.475 e. The lowest BCUT2D eigenvalue weighted by molar-refractivity contribution is 0.0257. The molecule has 162 valence electrons. The van der Waals surface area contributed by atoms with E-state index in [0.29, 0.717) is 38.1 Å². The molecule has 0 amide bonds. The highest BCUT2D eigenvalue weighted by molar-refractivity contribution is 14.0. The predicted molar refractivity (Wildman–Crippen MR) is 125 cm³/mol. The molecule has 1 rings (SSSR count). The molecule has 0 saturated carbocycles. The number of halogens is 1. The van der Waals surface area contributed by atoms with E-state index in [1.54, 1.807) is 13.3 Å². The Balaban J connectivity index is 0.00000729. The molecule has 1 aromatic rings. The molecule has 8 heteroatoms. The zero-order valence-electron chi connectivity index (χ0n) is 17.7. The zero-order valence-corrected chi connectivity index (χ0v) is 20.0. The van der Waals surface area contributed by atoms with Gasteiger partial charge in [-0.3, -0.25) is 0 Å². The number of nitrogens with zero attached hydrogens (tertiary/aromatic N) is 2. The van der Waals surface area contributed by atoms with E-state index in [0.717, 1.165) is 37.8 Å². The quantitative estimate of drug-likeness (QED) is 0.164. The highest BCUT2D eigenvalue weighted by Gasteiger charge is 2.24. The van der Waals surface area contributed by atoms with E-state index in [-0.39, 0.29) is 24.0 Å². The van der Waals surface area contributed by atoms with Gasteiger partial charge in [0.25, 0.3) is 0 Å². The SMILES string of the molecule is CCCC(O)(CCC)CNC(=NCc1cccnc1OCCOC)NCC.I. The van der Waals surface area contributed by atoms with Crippen LogP contribution in [-0.4, -0.2) is 55.1 Å². The first-order valence-corrected chi connectivity index (χ1v) is 9.88. The molecular weight excluding hydrogens is 471 g/mol. The molecule has 0 bridgehead atoms. The van der Waals surface area contributed by atoms with Crippen LogP contribution in [0.5, 0.6) is 5.88 Å². The molecular formula is C20H37IN4O3. The third-order valence-electron chi connectivity index (χ3n) is 4.14. The van der Waals surface area contributed by atoms with Gasteiger partial charge in [0, 0.05) is 32.0 Å². The van der Waals surface area contributed by atoms with E-state index in [1.165, 1.54) is 0 Å². The highest BCUT2D eigenvalue weighted by Crippen LogP contribution is 2.18. The lowest BCUT2D eigenvalue weighted by atomic mass is 9.93. The second-order valence-electron chi connectivity index (χ2n) is 6.58. The first kappa shape index (κ1) is 26.9. The fourth-order valence-corrected chi connectivity index (χ4v) is 2.88. The summed E-state index contributed by atoms with van der Waals surface area (Å²) in [7, 11) is 1.64. The second-order valence-corrected chi connectivity index (χ2v) is 6.58. The summed E-state index contributed by atoms with van der Waals surface area (Å²) in [5, 5.41) is 17.3. The molecule has 3 N–H and O–H groups in total. The van der Waals surface area contributed by atoms with Gasteiger partial charge in [0.15, 0.2) is 5.96 Å². The van der Waals surface area contributed by atoms with Crippen molar-refractivity contribution in [1.29, 1.82) is 0 Å². The molecule has 0 saturated heterocycles. The van der Waals surface area contributed by atoms with Gasteiger partial charge < -0.3 is 25.2 Å². The molecule has 0 unspecified atom stereocenters. The molecule has 0 aliphatic carbocycles. The topological polar surface area (TPSA) is 88.0 Å². The number of hydrogen-bond acceptors (Lipinski definition) is 5. The number of pyridine rings is 1. The van der Waals surface area contributed by atoms with Crippen LogP contribution in [0.15, 0.2) is 23.3 Å². The van der Waals surface area contributed by atoms with Crippen molar-refractivity contribution < 1.29 is 14.6 Å². The molecule has 1 heterocycles. The minimum atomic E-state index is -0.706. The van der Waals surface area contributed by atoms with Gasteiger partial charge in [-0.25, -0.2) is 9.98 Å². The molecule has 28 heavy (non-hydrogen) atoms. The minimum absolute atomic E-state index is 0. The van der Waals surface area contributed by atoms with E-state index in [1.807, 2.05) is 19.1 Å². The van der Waals surface area contributed by atoms with Crippen molar-refractivity contribution in [2.45, 2.75) is 58.6 Å². The standard InChI is InChI=1S/C20H36N4O3.HI/c1-5-10-20(25,11-6-2)16-24-19(21-7-3)23-15-17-9-8-12-22-18(17)27-14-13-26-4;/h8-9,12,25H,5-7,10-11,13-16H2,1-4H3,(H2,21,23,24);1H. The average Bonchev–Trinajstić information content (AvgIpc) is 2.65. The van der Waals surface area contributed by atoms with Gasteiger partial charge >= 0.3 is 0 Å². The molecule has 0 radical (unpaired) electrons. The Labute approximate surface area is 186 Å². The molecule has 0 aliphatic rings. The van der Waals surface area contributed by atoms with Crippen LogP contribution in [0.2, 0.25) is 0 Å². The van der Waals surface area contributed by atoms with Gasteiger partial charge in [-0.1, -0.05) is 32.8 Å². The maximum absolute atomic E-state index is 10.8. The summed E-state index contributed by atoms with van der Waals surface area (Å²) < 4.78 is 10.7. The normalized spacial score (nSPS) is 11.7. The Morgan fingerprint density at radius 2 is 1.89 bits per heavy atom. The summed E-state index contributed by atoms with van der Waals surface area (Å²) in [4.78, 5) is 8.91. The van der Waals surface area contributed by atoms with Gasteiger partial charge in [-0.2, -0.15) is 0 Å². The van der Waals surface area contributed by atoms with E-state index in [4.69, 9.17) is 9.47 Å². The molecule has 0 spiro atoms. The number of ether oxygens (including phenoxy) is 2. The van der Waals surface area contributed by atoms with E-state index in [9.17, 15) is 5.11 Å². The Hall–Kier alpha value is -1.13. The van der Waals surface area contributed by atoms with Gasteiger partial charge in [-0.05, 0) is 25.8 Å². The van der Waals surface area contributed by atoms with Crippen molar-refractivity contribution >= 4 is 29.9 Å². The summed E-state index contributed by atoms with van der Waals surface area (Å²) in [5.41, 5.74) is 0.200. The number of aliphatic hydroxyl groups is 1. The number of aromatic nitrogens is 1. The summed E-state index contributed by atoms with van der Waals surface area (Å²) in [6.07, 6.45) is 5.14. The van der Waals surface area contributed by atoms with Crippen molar-refractivity contribution in [1.82, 2.24) is 15.6 Å². The molecule has 0 fully saturated rings. The van der Waals surface area contributed by atoms with Crippen LogP contribution in [0.3, 0.4) is 0 Å². The fourth-order valence-electron chi connectivity index (χ4n) is 2.88. The van der Waals surface area contributed by atoms with Crippen LogP contribution in [0.1, 0.15) is 52.0 Å². The van der Waals surface area contributed by atoms with Crippen molar-refractivity contribution in [2.75, 3.05) is 33.4 Å². The van der Waals surface area contributed by atoms with Crippen molar-refractivity contribution in [2.24, 2.45) is 4.99 Å². The van der Waals surface area contributed by atoms with Gasteiger partial charge in [0.05, 0.1) is 18.8 Å². The lowest BCUT2D eigenvalue weighted by Crippen LogP contribution is -2.47. The number of rotatable bonds is 13. The van der Waals surface area contributed by atoms with Gasteiger partial charge in [-0.15, -0.1) is 24.0 Å². The van der Waals surface area contributed by atoms with Crippen molar-refractivity contribution in [3.05, 3.63) is 23.9 Å². The molecule has 0 aromatic carbocycles. The van der Waals surface area contributed by atoms with Gasteiger partial charge in [0.2, 0.25) is 5.88 Å². The summed E-state index contributed by atoms with van der Waals surface area (Å²) in [6.45, 7) is 8.82. The van der Waals surface area contributed by atoms with E-state index >= 15 is 0 Å². The Bertz CT molecular complexity index is 552. The smallest absolute Gasteiger partial charge is 0.218 e. The summed E-state index contributed by atoms with van der Waals surface area (Å²) in [6, 6.07) is 3.82. The maximum Gasteiger partial charge on any atom is 0.218 e. The first-order valence-electron chi connectivity index (χ1n) is 9.88. The minimum Gasteiger partial charge on any atom is -0.475 e. The maximum atomic E-state index is 10.8. The molecule has 0 aliphatic heterocycles. The van der Waals surface area contributed by atoms with Crippen LogP contribution in [-0.2, 0) is 11.3 Å². The van der Waals surface area contributed by atoms with Gasteiger partial charge in [0.1, 0.15) is 6.61 Å². The van der Waals surface area contributed by atoms with Crippen molar-refractivity contribution in [3.63, 3.8) is 0 Å². The van der Waals surface area contributed by atoms with Crippen molar-refractivity contribution in [3.8, 4) is 5.88 Å². The third kappa shape index (κ3) is 10.4. The Morgan fingerprint density at radius 1 is 1.18 bits per heavy atom. The van der Waals surface area contributed by atoms with Crippen LogP contribution in [0.4, 0.5) is 0 Å². The fraction of sp³-hybridized carbons (Fsp3) is 0.700. The Kier molecular flexibility index (Phi) is 15.1. The number of nitrogens with one attached hydrogen (secondary N) is 2. The Morgan fingerprint density at radius 3 is 2.50 bits per heavy atom. The summed E-state index contributed by atoms with van der Waals surface area (Å²) >= 11 is 0. The second kappa shape index (κ2) is 15.8. The number of guanidine groups is 1. The zero-order chi connectivity index (χ0) is 20.0. The van der Waals surface area contributed by atoms with Crippen LogP contribution in [0.25, 0.3) is 0 Å². The summed E-state index contributed by atoms with van der Waals surface area (Å²) in [5.74, 6) is 1.25. The first-order chi connectivity index (χ1) is 13.1.